The van der Waals surface area contributed by atoms with Gasteiger partial charge in [-0.05, 0) is 26.0 Å². The first-order valence-electron chi connectivity index (χ1n) is 10.6. The molecule has 168 valence electrons. The predicted molar refractivity (Wildman–Crippen MR) is 136 cm³/mol. The Hall–Kier alpha value is -2.68. The lowest BCUT2D eigenvalue weighted by atomic mass is 10.2. The Labute approximate surface area is 203 Å². The van der Waals surface area contributed by atoms with Crippen molar-refractivity contribution in [3.63, 3.8) is 0 Å². The molecule has 0 unspecified atom stereocenters. The van der Waals surface area contributed by atoms with E-state index in [1.165, 1.54) is 34.7 Å². The third kappa shape index (κ3) is 3.96. The summed E-state index contributed by atoms with van der Waals surface area (Å²) in [5.74, 6) is -0.220. The van der Waals surface area contributed by atoms with Gasteiger partial charge in [-0.15, -0.1) is 11.3 Å². The van der Waals surface area contributed by atoms with Gasteiger partial charge in [0.2, 0.25) is 0 Å². The summed E-state index contributed by atoms with van der Waals surface area (Å²) in [5, 5.41) is 4.02. The second kappa shape index (κ2) is 8.93. The summed E-state index contributed by atoms with van der Waals surface area (Å²) < 4.78 is 19.8. The molecule has 0 fully saturated rings. The fraction of sp³-hybridized carbons (Fsp3) is 0.200. The lowest BCUT2D eigenvalue weighted by Crippen LogP contribution is -2.36. The molecule has 5 rings (SSSR count). The van der Waals surface area contributed by atoms with Crippen LogP contribution in [0.2, 0.25) is 0 Å². The molecule has 1 aliphatic rings. The topological polar surface area (TPSA) is 29.1 Å². The maximum absolute atomic E-state index is 14.1. The first kappa shape index (κ1) is 22.1. The fourth-order valence-electron chi connectivity index (χ4n) is 3.94. The molecule has 2 aromatic heterocycles. The number of hydrogen-bond donors (Lipinski definition) is 0. The van der Waals surface area contributed by atoms with Crippen LogP contribution in [0.15, 0.2) is 63.7 Å². The second-order valence-corrected chi connectivity index (χ2v) is 10.8. The van der Waals surface area contributed by atoms with Gasteiger partial charge in [0.15, 0.2) is 12.7 Å². The van der Waals surface area contributed by atoms with Crippen molar-refractivity contribution in [3.05, 3.63) is 95.5 Å². The van der Waals surface area contributed by atoms with E-state index in [0.717, 1.165) is 31.8 Å². The molecule has 0 atom stereocenters. The number of hydrogen-bond acceptors (Lipinski definition) is 5. The first-order chi connectivity index (χ1) is 16.0. The van der Waals surface area contributed by atoms with Crippen LogP contribution in [0.4, 0.5) is 10.1 Å². The normalized spacial score (nSPS) is 15.4. The zero-order valence-electron chi connectivity index (χ0n) is 18.5. The number of aromatic nitrogens is 2. The van der Waals surface area contributed by atoms with Gasteiger partial charge in [-0.2, -0.15) is 4.57 Å². The Morgan fingerprint density at radius 2 is 1.94 bits per heavy atom. The van der Waals surface area contributed by atoms with Crippen molar-refractivity contribution in [2.45, 2.75) is 31.8 Å². The summed E-state index contributed by atoms with van der Waals surface area (Å²) in [5.41, 5.74) is 2.80. The number of halogens is 1. The molecule has 0 saturated carbocycles. The fourth-order valence-corrected chi connectivity index (χ4v) is 7.34. The van der Waals surface area contributed by atoms with Gasteiger partial charge in [-0.3, -0.25) is 9.36 Å². The van der Waals surface area contributed by atoms with Crippen LogP contribution in [-0.4, -0.2) is 11.6 Å². The monoisotopic (exact) mass is 496 g/mol. The van der Waals surface area contributed by atoms with Crippen molar-refractivity contribution in [2.24, 2.45) is 0 Å². The van der Waals surface area contributed by atoms with Crippen LogP contribution in [0.3, 0.4) is 0 Å². The highest BCUT2D eigenvalue weighted by Gasteiger charge is 2.27. The molecule has 0 amide bonds. The maximum atomic E-state index is 14.1. The van der Waals surface area contributed by atoms with E-state index in [-0.39, 0.29) is 11.4 Å². The van der Waals surface area contributed by atoms with Crippen LogP contribution >= 0.6 is 34.4 Å². The van der Waals surface area contributed by atoms with Crippen molar-refractivity contribution in [1.29, 1.82) is 0 Å². The van der Waals surface area contributed by atoms with E-state index in [4.69, 9.17) is 0 Å². The summed E-state index contributed by atoms with van der Waals surface area (Å²) in [7, 11) is 1.94. The van der Waals surface area contributed by atoms with Crippen LogP contribution < -0.4 is 24.2 Å². The molecule has 33 heavy (non-hydrogen) atoms. The minimum absolute atomic E-state index is 0.000182. The smallest absolute Gasteiger partial charge is 0.271 e. The van der Waals surface area contributed by atoms with E-state index in [0.29, 0.717) is 16.6 Å². The van der Waals surface area contributed by atoms with E-state index in [9.17, 15) is 9.18 Å². The Morgan fingerprint density at radius 3 is 2.70 bits per heavy atom. The number of thiazole rings is 2. The van der Waals surface area contributed by atoms with Gasteiger partial charge < -0.3 is 4.90 Å². The van der Waals surface area contributed by atoms with Crippen molar-refractivity contribution in [1.82, 2.24) is 4.57 Å². The number of anilines is 1. The van der Waals surface area contributed by atoms with Gasteiger partial charge in [0.1, 0.15) is 20.0 Å². The van der Waals surface area contributed by atoms with Crippen LogP contribution in [0.25, 0.3) is 11.1 Å². The molecule has 0 spiro atoms. The standard InChI is InChI=1S/C25H23FN3OS3/c1-4-29-21(14-20-28(12-13-31-20)15-17-8-6-5-7-9-17)32-23(24(29)30)25-27(3)19-11-10-18(26)16(2)22(19)33-25/h5-14H,4,15H2,1-3H3/q+1/b25-23+. The van der Waals surface area contributed by atoms with E-state index in [1.807, 2.05) is 41.6 Å². The van der Waals surface area contributed by atoms with E-state index in [2.05, 4.69) is 34.4 Å². The molecular formula is C25H23FN3OS3+. The second-order valence-electron chi connectivity index (χ2n) is 7.80. The Morgan fingerprint density at radius 1 is 1.15 bits per heavy atom. The first-order valence-corrected chi connectivity index (χ1v) is 13.2. The Balaban J connectivity index is 1.62. The molecule has 0 aliphatic carbocycles. The maximum Gasteiger partial charge on any atom is 0.271 e. The average molecular weight is 497 g/mol. The van der Waals surface area contributed by atoms with Crippen LogP contribution in [0, 0.1) is 12.7 Å². The number of thioether (sulfide) groups is 1. The zero-order valence-corrected chi connectivity index (χ0v) is 21.0. The summed E-state index contributed by atoms with van der Waals surface area (Å²) in [6, 6.07) is 13.6. The minimum Gasteiger partial charge on any atom is -0.337 e. The van der Waals surface area contributed by atoms with Gasteiger partial charge in [-0.25, -0.2) is 4.39 Å². The third-order valence-corrected chi connectivity index (χ3v) is 9.25. The molecule has 1 aliphatic heterocycles. The predicted octanol–water partition coefficient (Wildman–Crippen LogP) is 3.91. The Kier molecular flexibility index (Phi) is 5.99. The number of fused-ring (bicyclic) bond motifs is 1. The van der Waals surface area contributed by atoms with Crippen LogP contribution in [0.1, 0.15) is 23.1 Å². The van der Waals surface area contributed by atoms with Crippen LogP contribution in [0.5, 0.6) is 0 Å². The molecule has 2 aromatic carbocycles. The van der Waals surface area contributed by atoms with Crippen molar-refractivity contribution >= 4 is 51.2 Å². The largest absolute Gasteiger partial charge is 0.337 e. The van der Waals surface area contributed by atoms with Crippen LogP contribution in [-0.2, 0) is 13.1 Å². The van der Waals surface area contributed by atoms with Gasteiger partial charge in [0, 0.05) is 29.6 Å². The SMILES string of the molecule is CCn1c(=O)/c(=C2\Sc3c(ccc(F)c3C)N2C)s/c1=C\c1scc[n+]1Cc1ccccc1. The molecule has 4 nitrogen and oxygen atoms in total. The number of rotatable bonds is 4. The number of nitrogens with zero attached hydrogens (tertiary/aromatic N) is 3. The molecule has 4 aromatic rings. The van der Waals surface area contributed by atoms with Gasteiger partial charge in [-0.1, -0.05) is 53.4 Å². The highest BCUT2D eigenvalue weighted by Crippen LogP contribution is 2.47. The summed E-state index contributed by atoms with van der Waals surface area (Å²) >= 11 is 4.64. The lowest BCUT2D eigenvalue weighted by Gasteiger charge is -2.12. The van der Waals surface area contributed by atoms with Crippen molar-refractivity contribution < 1.29 is 8.96 Å². The zero-order chi connectivity index (χ0) is 23.1. The van der Waals surface area contributed by atoms with Crippen molar-refractivity contribution in [2.75, 3.05) is 11.9 Å². The van der Waals surface area contributed by atoms with Crippen molar-refractivity contribution in [3.8, 4) is 0 Å². The highest BCUT2D eigenvalue weighted by atomic mass is 32.2. The molecule has 0 radical (unpaired) electrons. The average Bonchev–Trinajstić information content (AvgIpc) is 3.48. The Bertz CT molecular complexity index is 1520. The quantitative estimate of drug-likeness (QED) is 0.401. The van der Waals surface area contributed by atoms with Gasteiger partial charge in [0.25, 0.3) is 10.6 Å². The van der Waals surface area contributed by atoms with E-state index < -0.39 is 0 Å². The molecule has 0 N–H and O–H groups in total. The summed E-state index contributed by atoms with van der Waals surface area (Å²) in [6.07, 6.45) is 4.18. The molecular weight excluding hydrogens is 473 g/mol. The molecule has 0 bridgehead atoms. The molecule has 0 saturated heterocycles. The molecule has 3 heterocycles. The van der Waals surface area contributed by atoms with E-state index in [1.54, 1.807) is 24.3 Å². The highest BCUT2D eigenvalue weighted by molar-refractivity contribution is 8.08. The molecule has 8 heteroatoms. The summed E-state index contributed by atoms with van der Waals surface area (Å²) in [4.78, 5) is 16.3. The van der Waals surface area contributed by atoms with E-state index >= 15 is 0 Å². The summed E-state index contributed by atoms with van der Waals surface area (Å²) in [6.45, 7) is 5.15. The van der Waals surface area contributed by atoms with Gasteiger partial charge in [0.05, 0.1) is 17.1 Å². The third-order valence-electron chi connectivity index (χ3n) is 5.76. The number of benzene rings is 2. The minimum atomic E-state index is -0.220. The van der Waals surface area contributed by atoms with Gasteiger partial charge >= 0.3 is 0 Å². The lowest BCUT2D eigenvalue weighted by molar-refractivity contribution is -0.685.